The fourth-order valence-electron chi connectivity index (χ4n) is 3.06. The van der Waals surface area contributed by atoms with Gasteiger partial charge < -0.3 is 0 Å². The maximum Gasteiger partial charge on any atom is 0.105 e. The Morgan fingerprint density at radius 2 is 1.89 bits per heavy atom. The monoisotopic (exact) mass is 263 g/mol. The first kappa shape index (κ1) is 14.1. The molecule has 0 heterocycles. The molecular weight excluding hydrogens is 242 g/mol. The molecule has 1 fully saturated rings. The Hall–Kier alpha value is -1.31. The number of benzene rings is 1. The SMILES string of the molecule is C=CCC1CCC(c2ccc([CH-]C)c(F)c2F)CC1. The molecule has 0 aliphatic heterocycles. The number of allylic oxidation sites excluding steroid dienone is 1. The van der Waals surface area contributed by atoms with E-state index < -0.39 is 11.6 Å². The van der Waals surface area contributed by atoms with E-state index in [1.54, 1.807) is 25.5 Å². The fourth-order valence-corrected chi connectivity index (χ4v) is 3.06. The van der Waals surface area contributed by atoms with E-state index in [1.807, 2.05) is 6.08 Å². The molecular formula is C17H21F2-. The van der Waals surface area contributed by atoms with Crippen LogP contribution in [-0.2, 0) is 0 Å². The Balaban J connectivity index is 2.11. The summed E-state index contributed by atoms with van der Waals surface area (Å²) in [6.07, 6.45) is 8.65. The second-order valence-electron chi connectivity index (χ2n) is 5.40. The van der Waals surface area contributed by atoms with Gasteiger partial charge in [-0.25, -0.2) is 4.39 Å². The smallest absolute Gasteiger partial charge is 0.105 e. The number of rotatable bonds is 4. The van der Waals surface area contributed by atoms with E-state index in [4.69, 9.17) is 0 Å². The molecule has 0 radical (unpaired) electrons. The zero-order valence-corrected chi connectivity index (χ0v) is 11.5. The van der Waals surface area contributed by atoms with E-state index in [0.717, 1.165) is 32.1 Å². The molecule has 0 aromatic heterocycles. The molecule has 1 aliphatic carbocycles. The summed E-state index contributed by atoms with van der Waals surface area (Å²) in [5.74, 6) is -0.512. The number of halogens is 2. The minimum Gasteiger partial charge on any atom is -0.281 e. The van der Waals surface area contributed by atoms with Gasteiger partial charge in [-0.15, -0.1) is 12.6 Å². The second-order valence-corrected chi connectivity index (χ2v) is 5.40. The van der Waals surface area contributed by atoms with Crippen LogP contribution in [0.2, 0.25) is 0 Å². The van der Waals surface area contributed by atoms with Gasteiger partial charge in [0.1, 0.15) is 5.82 Å². The first-order chi connectivity index (χ1) is 9.17. The average molecular weight is 263 g/mol. The van der Waals surface area contributed by atoms with Gasteiger partial charge in [-0.3, -0.25) is 4.39 Å². The second kappa shape index (κ2) is 6.23. The Morgan fingerprint density at radius 3 is 2.47 bits per heavy atom. The largest absolute Gasteiger partial charge is 0.281 e. The Kier molecular flexibility index (Phi) is 4.62. The molecule has 0 bridgehead atoms. The fraction of sp³-hybridized carbons (Fsp3) is 0.471. The van der Waals surface area contributed by atoms with Crippen molar-refractivity contribution in [2.24, 2.45) is 5.92 Å². The lowest BCUT2D eigenvalue weighted by atomic mass is 9.77. The van der Waals surface area contributed by atoms with Gasteiger partial charge in [0.15, 0.2) is 0 Å². The molecule has 19 heavy (non-hydrogen) atoms. The van der Waals surface area contributed by atoms with Crippen molar-refractivity contribution in [1.29, 1.82) is 0 Å². The molecule has 1 aliphatic rings. The summed E-state index contributed by atoms with van der Waals surface area (Å²) in [5.41, 5.74) is 0.904. The first-order valence-electron chi connectivity index (χ1n) is 7.05. The van der Waals surface area contributed by atoms with Crippen LogP contribution < -0.4 is 0 Å². The van der Waals surface area contributed by atoms with Gasteiger partial charge in [0.2, 0.25) is 0 Å². The van der Waals surface area contributed by atoms with Gasteiger partial charge in [-0.05, 0) is 49.5 Å². The summed E-state index contributed by atoms with van der Waals surface area (Å²) in [7, 11) is 0. The van der Waals surface area contributed by atoms with Crippen LogP contribution in [0.5, 0.6) is 0 Å². The van der Waals surface area contributed by atoms with Crippen LogP contribution in [0.25, 0.3) is 0 Å². The van der Waals surface area contributed by atoms with Gasteiger partial charge in [-0.2, -0.15) is 18.1 Å². The molecule has 0 unspecified atom stereocenters. The molecule has 2 heteroatoms. The average Bonchev–Trinajstić information content (AvgIpc) is 2.43. The lowest BCUT2D eigenvalue weighted by Crippen LogP contribution is -2.14. The van der Waals surface area contributed by atoms with E-state index in [-0.39, 0.29) is 5.92 Å². The molecule has 0 nitrogen and oxygen atoms in total. The van der Waals surface area contributed by atoms with E-state index in [9.17, 15) is 8.78 Å². The van der Waals surface area contributed by atoms with Gasteiger partial charge >= 0.3 is 0 Å². The lowest BCUT2D eigenvalue weighted by molar-refractivity contribution is 0.321. The van der Waals surface area contributed by atoms with E-state index in [1.165, 1.54) is 0 Å². The predicted molar refractivity (Wildman–Crippen MR) is 74.9 cm³/mol. The Bertz CT molecular complexity index is 443. The number of hydrogen-bond donors (Lipinski definition) is 0. The highest BCUT2D eigenvalue weighted by Gasteiger charge is 2.23. The quantitative estimate of drug-likeness (QED) is 0.505. The van der Waals surface area contributed by atoms with Crippen LogP contribution in [0.3, 0.4) is 0 Å². The minimum absolute atomic E-state index is 0.168. The maximum absolute atomic E-state index is 14.1. The van der Waals surface area contributed by atoms with Crippen molar-refractivity contribution >= 4 is 0 Å². The molecule has 0 N–H and O–H groups in total. The molecule has 104 valence electrons. The van der Waals surface area contributed by atoms with Crippen LogP contribution in [0.1, 0.15) is 56.1 Å². The van der Waals surface area contributed by atoms with Crippen molar-refractivity contribution in [2.75, 3.05) is 0 Å². The minimum atomic E-state index is -0.701. The summed E-state index contributed by atoms with van der Waals surface area (Å²) in [6.45, 7) is 5.48. The van der Waals surface area contributed by atoms with Gasteiger partial charge in [0, 0.05) is 0 Å². The maximum atomic E-state index is 14.1. The van der Waals surface area contributed by atoms with Gasteiger partial charge in [0.25, 0.3) is 0 Å². The highest BCUT2D eigenvalue weighted by atomic mass is 19.2. The third-order valence-electron chi connectivity index (χ3n) is 4.24. The van der Waals surface area contributed by atoms with Crippen LogP contribution in [0.15, 0.2) is 24.8 Å². The molecule has 1 aromatic rings. The summed E-state index contributed by atoms with van der Waals surface area (Å²) in [6, 6.07) is 3.44. The van der Waals surface area contributed by atoms with Crippen molar-refractivity contribution in [3.8, 4) is 0 Å². The molecule has 0 atom stereocenters. The standard InChI is InChI=1S/C17H21F2/c1-3-5-12-6-8-14(9-7-12)15-11-10-13(4-2)16(18)17(15)19/h3-4,10-12,14H,1,5-9H2,2H3/q-1. The van der Waals surface area contributed by atoms with E-state index in [0.29, 0.717) is 17.0 Å². The van der Waals surface area contributed by atoms with E-state index >= 15 is 0 Å². The topological polar surface area (TPSA) is 0 Å². The molecule has 0 spiro atoms. The van der Waals surface area contributed by atoms with Crippen LogP contribution in [0.4, 0.5) is 8.78 Å². The van der Waals surface area contributed by atoms with Crippen molar-refractivity contribution in [2.45, 2.75) is 44.9 Å². The summed E-state index contributed by atoms with van der Waals surface area (Å²) in [4.78, 5) is 0. The highest BCUT2D eigenvalue weighted by Crippen LogP contribution is 2.38. The third kappa shape index (κ3) is 2.99. The zero-order valence-electron chi connectivity index (χ0n) is 11.5. The van der Waals surface area contributed by atoms with Crippen LogP contribution in [0, 0.1) is 24.0 Å². The third-order valence-corrected chi connectivity index (χ3v) is 4.24. The van der Waals surface area contributed by atoms with Crippen LogP contribution in [-0.4, -0.2) is 0 Å². The number of hydrogen-bond acceptors (Lipinski definition) is 0. The van der Waals surface area contributed by atoms with E-state index in [2.05, 4.69) is 6.58 Å². The molecule has 0 saturated heterocycles. The molecule has 1 aromatic carbocycles. The molecule has 2 rings (SSSR count). The van der Waals surface area contributed by atoms with Gasteiger partial charge in [0.05, 0.1) is 5.82 Å². The molecule has 0 amide bonds. The summed E-state index contributed by atoms with van der Waals surface area (Å²) < 4.78 is 27.9. The molecule has 1 saturated carbocycles. The Labute approximate surface area is 114 Å². The first-order valence-corrected chi connectivity index (χ1v) is 7.05. The highest BCUT2D eigenvalue weighted by molar-refractivity contribution is 5.32. The predicted octanol–water partition coefficient (Wildman–Crippen LogP) is 5.39. The normalized spacial score (nSPS) is 23.1. The van der Waals surface area contributed by atoms with Crippen molar-refractivity contribution in [1.82, 2.24) is 0 Å². The van der Waals surface area contributed by atoms with Crippen molar-refractivity contribution in [3.05, 3.63) is 54.0 Å². The van der Waals surface area contributed by atoms with Gasteiger partial charge in [-0.1, -0.05) is 13.0 Å². The summed E-state index contributed by atoms with van der Waals surface area (Å²) in [5, 5.41) is 0. The zero-order chi connectivity index (χ0) is 13.8. The van der Waals surface area contributed by atoms with Crippen LogP contribution >= 0.6 is 0 Å². The van der Waals surface area contributed by atoms with Crippen molar-refractivity contribution in [3.63, 3.8) is 0 Å². The van der Waals surface area contributed by atoms with Crippen molar-refractivity contribution < 1.29 is 8.78 Å². The lowest BCUT2D eigenvalue weighted by Gasteiger charge is -2.29. The Morgan fingerprint density at radius 1 is 1.21 bits per heavy atom. The summed E-state index contributed by atoms with van der Waals surface area (Å²) >= 11 is 0.